The number of phenolic OH excluding ortho intramolecular Hbond substituents is 1. The van der Waals surface area contributed by atoms with Gasteiger partial charge in [0.15, 0.2) is 0 Å². The number of aryl methyl sites for hydroxylation is 1. The smallest absolute Gasteiger partial charge is 0.125 e. The van der Waals surface area contributed by atoms with E-state index in [0.717, 1.165) is 15.6 Å². The Morgan fingerprint density at radius 3 is 2.63 bits per heavy atom. The van der Waals surface area contributed by atoms with Gasteiger partial charge in [-0.15, -0.1) is 0 Å². The maximum atomic E-state index is 13.2. The fourth-order valence-corrected chi connectivity index (χ4v) is 2.30. The van der Waals surface area contributed by atoms with E-state index in [2.05, 4.69) is 21.2 Å². The molecule has 0 aliphatic carbocycles. The first kappa shape index (κ1) is 13.9. The van der Waals surface area contributed by atoms with Crippen LogP contribution in [-0.4, -0.2) is 5.11 Å². The summed E-state index contributed by atoms with van der Waals surface area (Å²) < 4.78 is 14.0. The molecule has 100 valence electrons. The molecule has 2 aromatic rings. The van der Waals surface area contributed by atoms with Crippen LogP contribution in [0.2, 0.25) is 0 Å². The first-order chi connectivity index (χ1) is 8.97. The summed E-state index contributed by atoms with van der Waals surface area (Å²) in [5, 5.41) is 13.1. The molecule has 0 aliphatic rings. The van der Waals surface area contributed by atoms with E-state index in [1.165, 1.54) is 12.1 Å². The van der Waals surface area contributed by atoms with Crippen molar-refractivity contribution in [2.45, 2.75) is 19.9 Å². The van der Waals surface area contributed by atoms with E-state index in [4.69, 9.17) is 0 Å². The van der Waals surface area contributed by atoms with Crippen molar-refractivity contribution in [2.24, 2.45) is 0 Å². The number of halogens is 2. The largest absolute Gasteiger partial charge is 0.508 e. The van der Waals surface area contributed by atoms with Crippen LogP contribution in [0.1, 0.15) is 24.1 Å². The van der Waals surface area contributed by atoms with Crippen molar-refractivity contribution in [1.29, 1.82) is 0 Å². The monoisotopic (exact) mass is 323 g/mol. The molecule has 2 nitrogen and oxygen atoms in total. The zero-order valence-electron chi connectivity index (χ0n) is 10.7. The van der Waals surface area contributed by atoms with Crippen LogP contribution in [-0.2, 0) is 0 Å². The Hall–Kier alpha value is -1.55. The number of hydrogen-bond donors (Lipinski definition) is 2. The Bertz CT molecular complexity index is 601. The maximum Gasteiger partial charge on any atom is 0.125 e. The highest BCUT2D eigenvalue weighted by Gasteiger charge is 2.12. The van der Waals surface area contributed by atoms with Crippen molar-refractivity contribution >= 4 is 21.6 Å². The molecule has 0 aromatic heterocycles. The molecule has 2 N–H and O–H groups in total. The van der Waals surface area contributed by atoms with E-state index < -0.39 is 0 Å². The minimum atomic E-state index is -0.300. The van der Waals surface area contributed by atoms with E-state index in [1.807, 2.05) is 26.0 Å². The average Bonchev–Trinajstić information content (AvgIpc) is 2.33. The molecule has 1 unspecified atom stereocenters. The van der Waals surface area contributed by atoms with Crippen molar-refractivity contribution in [3.63, 3.8) is 0 Å². The number of nitrogens with one attached hydrogen (secondary N) is 1. The molecule has 2 aromatic carbocycles. The molecular formula is C15H15BrFNO. The second-order valence-electron chi connectivity index (χ2n) is 4.55. The summed E-state index contributed by atoms with van der Waals surface area (Å²) in [4.78, 5) is 0. The predicted molar refractivity (Wildman–Crippen MR) is 79.0 cm³/mol. The minimum absolute atomic E-state index is 0.126. The molecule has 4 heteroatoms. The second kappa shape index (κ2) is 5.61. The molecule has 0 fully saturated rings. The zero-order valence-corrected chi connectivity index (χ0v) is 12.3. The highest BCUT2D eigenvalue weighted by atomic mass is 79.9. The van der Waals surface area contributed by atoms with E-state index >= 15 is 0 Å². The Balaban J connectivity index is 2.25. The van der Waals surface area contributed by atoms with Crippen LogP contribution in [0, 0.1) is 12.7 Å². The van der Waals surface area contributed by atoms with Crippen LogP contribution in [0.25, 0.3) is 0 Å². The number of rotatable bonds is 3. The number of hydrogen-bond acceptors (Lipinski definition) is 2. The molecule has 2 rings (SSSR count). The number of aromatic hydroxyl groups is 1. The molecule has 0 saturated carbocycles. The molecular weight excluding hydrogens is 309 g/mol. The highest BCUT2D eigenvalue weighted by molar-refractivity contribution is 9.10. The predicted octanol–water partition coefficient (Wildman–Crippen LogP) is 4.78. The van der Waals surface area contributed by atoms with Crippen molar-refractivity contribution in [3.05, 3.63) is 57.8 Å². The lowest BCUT2D eigenvalue weighted by atomic mass is 10.0. The second-order valence-corrected chi connectivity index (χ2v) is 5.41. The Kier molecular flexibility index (Phi) is 4.10. The average molecular weight is 324 g/mol. The van der Waals surface area contributed by atoms with Crippen molar-refractivity contribution in [1.82, 2.24) is 0 Å². The Morgan fingerprint density at radius 1 is 1.21 bits per heavy atom. The lowest BCUT2D eigenvalue weighted by Crippen LogP contribution is -2.07. The molecule has 0 saturated heterocycles. The van der Waals surface area contributed by atoms with Crippen molar-refractivity contribution < 1.29 is 9.50 Å². The third-order valence-electron chi connectivity index (χ3n) is 2.95. The standard InChI is InChI=1S/C15H15BrFNO/c1-9-3-5-12(15(19)7-9)10(2)18-14-8-11(17)4-6-13(14)16/h3-8,10,18-19H,1-2H3. The Labute approximate surface area is 120 Å². The van der Waals surface area contributed by atoms with Gasteiger partial charge in [0.1, 0.15) is 11.6 Å². The molecule has 0 radical (unpaired) electrons. The van der Waals surface area contributed by atoms with E-state index in [-0.39, 0.29) is 17.6 Å². The highest BCUT2D eigenvalue weighted by Crippen LogP contribution is 2.31. The fraction of sp³-hybridized carbons (Fsp3) is 0.200. The lowest BCUT2D eigenvalue weighted by Gasteiger charge is -2.18. The van der Waals surface area contributed by atoms with Gasteiger partial charge in [0, 0.05) is 10.0 Å². The van der Waals surface area contributed by atoms with Gasteiger partial charge < -0.3 is 10.4 Å². The Morgan fingerprint density at radius 2 is 1.95 bits per heavy atom. The van der Waals surface area contributed by atoms with Gasteiger partial charge in [-0.25, -0.2) is 4.39 Å². The summed E-state index contributed by atoms with van der Waals surface area (Å²) in [6, 6.07) is 9.87. The third-order valence-corrected chi connectivity index (χ3v) is 3.64. The van der Waals surface area contributed by atoms with Gasteiger partial charge in [-0.1, -0.05) is 12.1 Å². The van der Waals surface area contributed by atoms with E-state index in [9.17, 15) is 9.50 Å². The van der Waals surface area contributed by atoms with Crippen molar-refractivity contribution in [2.75, 3.05) is 5.32 Å². The van der Waals surface area contributed by atoms with Gasteiger partial charge in [-0.05, 0) is 59.6 Å². The van der Waals surface area contributed by atoms with Gasteiger partial charge in [-0.2, -0.15) is 0 Å². The summed E-state index contributed by atoms with van der Waals surface area (Å²) in [6.45, 7) is 3.84. The van der Waals surface area contributed by atoms with Crippen LogP contribution < -0.4 is 5.32 Å². The van der Waals surface area contributed by atoms with Gasteiger partial charge >= 0.3 is 0 Å². The summed E-state index contributed by atoms with van der Waals surface area (Å²) in [6.07, 6.45) is 0. The minimum Gasteiger partial charge on any atom is -0.508 e. The van der Waals surface area contributed by atoms with Gasteiger partial charge in [0.2, 0.25) is 0 Å². The third kappa shape index (κ3) is 3.26. The topological polar surface area (TPSA) is 32.3 Å². The molecule has 19 heavy (non-hydrogen) atoms. The normalized spacial score (nSPS) is 12.2. The molecule has 1 atom stereocenters. The van der Waals surface area contributed by atoms with Crippen LogP contribution >= 0.6 is 15.9 Å². The lowest BCUT2D eigenvalue weighted by molar-refractivity contribution is 0.465. The summed E-state index contributed by atoms with van der Waals surface area (Å²) in [5.74, 6) is -0.0569. The van der Waals surface area contributed by atoms with Crippen LogP contribution in [0.3, 0.4) is 0 Å². The number of anilines is 1. The molecule has 0 amide bonds. The zero-order chi connectivity index (χ0) is 14.0. The summed E-state index contributed by atoms with van der Waals surface area (Å²) in [5.41, 5.74) is 2.44. The molecule has 0 bridgehead atoms. The van der Waals surface area contributed by atoms with Gasteiger partial charge in [-0.3, -0.25) is 0 Å². The van der Waals surface area contributed by atoms with E-state index in [1.54, 1.807) is 12.1 Å². The van der Waals surface area contributed by atoms with E-state index in [0.29, 0.717) is 5.69 Å². The van der Waals surface area contributed by atoms with Gasteiger partial charge in [0.05, 0.1) is 11.7 Å². The summed E-state index contributed by atoms with van der Waals surface area (Å²) in [7, 11) is 0. The molecule has 0 heterocycles. The maximum absolute atomic E-state index is 13.2. The van der Waals surface area contributed by atoms with Crippen LogP contribution in [0.5, 0.6) is 5.75 Å². The first-order valence-electron chi connectivity index (χ1n) is 5.98. The first-order valence-corrected chi connectivity index (χ1v) is 6.78. The van der Waals surface area contributed by atoms with Crippen LogP contribution in [0.15, 0.2) is 40.9 Å². The quantitative estimate of drug-likeness (QED) is 0.852. The van der Waals surface area contributed by atoms with Gasteiger partial charge in [0.25, 0.3) is 0 Å². The fourth-order valence-electron chi connectivity index (χ4n) is 1.94. The number of benzene rings is 2. The van der Waals surface area contributed by atoms with Crippen molar-refractivity contribution in [3.8, 4) is 5.75 Å². The summed E-state index contributed by atoms with van der Waals surface area (Å²) >= 11 is 3.37. The van der Waals surface area contributed by atoms with Crippen LogP contribution in [0.4, 0.5) is 10.1 Å². The SMILES string of the molecule is Cc1ccc(C(C)Nc2cc(F)ccc2Br)c(O)c1. The number of phenols is 1. The molecule has 0 aliphatic heterocycles. The molecule has 0 spiro atoms.